The summed E-state index contributed by atoms with van der Waals surface area (Å²) in [6.45, 7) is 10.7. The average molecular weight is 309 g/mol. The molecule has 2 rings (SSSR count). The molecule has 0 aliphatic carbocycles. The zero-order chi connectivity index (χ0) is 17.0. The number of hydrogen-bond acceptors (Lipinski definition) is 1. The van der Waals surface area contributed by atoms with Crippen LogP contribution in [0.3, 0.4) is 0 Å². The van der Waals surface area contributed by atoms with Crippen molar-refractivity contribution in [3.8, 4) is 0 Å². The topological polar surface area (TPSA) is 29.1 Å². The Morgan fingerprint density at radius 1 is 1.00 bits per heavy atom. The number of benzene rings is 2. The highest BCUT2D eigenvalue weighted by molar-refractivity contribution is 5.79. The number of amides is 1. The summed E-state index contributed by atoms with van der Waals surface area (Å²) in [6.07, 6.45) is 0.421. The van der Waals surface area contributed by atoms with E-state index in [1.54, 1.807) is 0 Å². The van der Waals surface area contributed by atoms with Crippen LogP contribution in [-0.2, 0) is 16.6 Å². The van der Waals surface area contributed by atoms with Crippen LogP contribution in [0.2, 0.25) is 0 Å². The second-order valence-corrected chi connectivity index (χ2v) is 7.32. The fourth-order valence-electron chi connectivity index (χ4n) is 2.54. The molecule has 0 spiro atoms. The third kappa shape index (κ3) is 4.95. The van der Waals surface area contributed by atoms with Crippen LogP contribution in [-0.4, -0.2) is 5.91 Å². The fourth-order valence-corrected chi connectivity index (χ4v) is 2.54. The van der Waals surface area contributed by atoms with Crippen molar-refractivity contribution in [3.05, 3.63) is 70.8 Å². The van der Waals surface area contributed by atoms with E-state index < -0.39 is 0 Å². The summed E-state index contributed by atoms with van der Waals surface area (Å²) in [5, 5.41) is 3.08. The minimum absolute atomic E-state index is 0.0157. The average Bonchev–Trinajstić information content (AvgIpc) is 2.49. The maximum atomic E-state index is 12.2. The minimum atomic E-state index is 0.0157. The van der Waals surface area contributed by atoms with E-state index >= 15 is 0 Å². The lowest BCUT2D eigenvalue weighted by atomic mass is 9.86. The Hall–Kier alpha value is -2.09. The second kappa shape index (κ2) is 6.99. The van der Waals surface area contributed by atoms with Gasteiger partial charge in [0, 0.05) is 0 Å². The van der Waals surface area contributed by atoms with Crippen LogP contribution in [0.1, 0.15) is 56.0 Å². The Labute approximate surface area is 139 Å². The molecule has 0 aliphatic rings. The van der Waals surface area contributed by atoms with Gasteiger partial charge in [-0.2, -0.15) is 0 Å². The number of hydrogen-bond donors (Lipinski definition) is 1. The van der Waals surface area contributed by atoms with Gasteiger partial charge in [0.1, 0.15) is 0 Å². The van der Waals surface area contributed by atoms with Crippen LogP contribution in [0, 0.1) is 6.92 Å². The smallest absolute Gasteiger partial charge is 0.224 e. The first-order valence-corrected chi connectivity index (χ1v) is 8.21. The van der Waals surface area contributed by atoms with Gasteiger partial charge in [-0.05, 0) is 36.0 Å². The molecule has 2 aromatic rings. The van der Waals surface area contributed by atoms with Gasteiger partial charge in [0.2, 0.25) is 5.91 Å². The van der Waals surface area contributed by atoms with E-state index in [4.69, 9.17) is 0 Å². The van der Waals surface area contributed by atoms with Gasteiger partial charge in [0.05, 0.1) is 12.5 Å². The summed E-state index contributed by atoms with van der Waals surface area (Å²) >= 11 is 0. The van der Waals surface area contributed by atoms with Crippen LogP contribution in [0.4, 0.5) is 0 Å². The molecule has 0 saturated heterocycles. The number of carbonyl (C=O) groups is 1. The predicted molar refractivity (Wildman–Crippen MR) is 96.6 cm³/mol. The quantitative estimate of drug-likeness (QED) is 0.870. The van der Waals surface area contributed by atoms with Crippen LogP contribution in [0.15, 0.2) is 48.5 Å². The highest BCUT2D eigenvalue weighted by Crippen LogP contribution is 2.23. The van der Waals surface area contributed by atoms with Crippen molar-refractivity contribution < 1.29 is 4.79 Å². The van der Waals surface area contributed by atoms with E-state index in [0.717, 1.165) is 11.1 Å². The summed E-state index contributed by atoms with van der Waals surface area (Å²) in [5.41, 5.74) is 4.84. The van der Waals surface area contributed by atoms with Gasteiger partial charge in [-0.25, -0.2) is 0 Å². The monoisotopic (exact) mass is 309 g/mol. The Balaban J connectivity index is 1.96. The lowest BCUT2D eigenvalue weighted by Gasteiger charge is -2.20. The van der Waals surface area contributed by atoms with Gasteiger partial charge in [0.25, 0.3) is 0 Å². The molecule has 0 fully saturated rings. The molecule has 1 atom stereocenters. The molecule has 2 nitrogen and oxygen atoms in total. The van der Waals surface area contributed by atoms with Crippen molar-refractivity contribution in [2.75, 3.05) is 0 Å². The summed E-state index contributed by atoms with van der Waals surface area (Å²) < 4.78 is 0. The molecular formula is C21H27NO. The van der Waals surface area contributed by atoms with Crippen LogP contribution in [0.25, 0.3) is 0 Å². The molecule has 0 heterocycles. The molecule has 2 aromatic carbocycles. The highest BCUT2D eigenvalue weighted by Gasteiger charge is 2.15. The molecule has 0 unspecified atom stereocenters. The Morgan fingerprint density at radius 2 is 1.57 bits per heavy atom. The van der Waals surface area contributed by atoms with Crippen molar-refractivity contribution in [1.82, 2.24) is 5.32 Å². The summed E-state index contributed by atoms with van der Waals surface area (Å²) in [7, 11) is 0. The predicted octanol–water partition coefficient (Wildman–Crippen LogP) is 4.71. The van der Waals surface area contributed by atoms with Gasteiger partial charge in [-0.15, -0.1) is 0 Å². The van der Waals surface area contributed by atoms with E-state index in [2.05, 4.69) is 50.4 Å². The van der Waals surface area contributed by atoms with E-state index in [1.165, 1.54) is 11.1 Å². The Kier molecular flexibility index (Phi) is 5.25. The first kappa shape index (κ1) is 17.3. The Morgan fingerprint density at radius 3 is 2.09 bits per heavy atom. The fraction of sp³-hybridized carbons (Fsp3) is 0.381. The van der Waals surface area contributed by atoms with Crippen LogP contribution >= 0.6 is 0 Å². The zero-order valence-electron chi connectivity index (χ0n) is 14.8. The van der Waals surface area contributed by atoms with E-state index in [-0.39, 0.29) is 17.4 Å². The van der Waals surface area contributed by atoms with Crippen LogP contribution in [0.5, 0.6) is 0 Å². The van der Waals surface area contributed by atoms with Crippen molar-refractivity contribution in [2.24, 2.45) is 0 Å². The molecule has 0 radical (unpaired) electrons. The van der Waals surface area contributed by atoms with Gasteiger partial charge >= 0.3 is 0 Å². The lowest BCUT2D eigenvalue weighted by Crippen LogP contribution is -2.28. The van der Waals surface area contributed by atoms with Gasteiger partial charge in [-0.3, -0.25) is 4.79 Å². The number of carbonyl (C=O) groups excluding carboxylic acids is 1. The van der Waals surface area contributed by atoms with E-state index in [9.17, 15) is 4.79 Å². The number of rotatable bonds is 4. The van der Waals surface area contributed by atoms with Crippen molar-refractivity contribution >= 4 is 5.91 Å². The van der Waals surface area contributed by atoms with Crippen molar-refractivity contribution in [1.29, 1.82) is 0 Å². The molecule has 0 aliphatic heterocycles. The molecule has 0 bridgehead atoms. The second-order valence-electron chi connectivity index (χ2n) is 7.32. The van der Waals surface area contributed by atoms with Gasteiger partial charge < -0.3 is 5.32 Å². The standard InChI is InChI=1S/C21H27NO/c1-15-6-8-17(9-7-15)14-20(23)22-16(2)18-10-12-19(13-11-18)21(3,4)5/h6-13,16H,14H2,1-5H3,(H,22,23)/t16-/m1/s1. The largest absolute Gasteiger partial charge is 0.349 e. The summed E-state index contributed by atoms with van der Waals surface area (Å²) in [6, 6.07) is 16.6. The Bertz CT molecular complexity index is 648. The molecule has 122 valence electrons. The molecule has 1 N–H and O–H groups in total. The first-order valence-electron chi connectivity index (χ1n) is 8.21. The number of nitrogens with one attached hydrogen (secondary N) is 1. The molecule has 2 heteroatoms. The highest BCUT2D eigenvalue weighted by atomic mass is 16.1. The zero-order valence-corrected chi connectivity index (χ0v) is 14.8. The van der Waals surface area contributed by atoms with Crippen molar-refractivity contribution in [3.63, 3.8) is 0 Å². The summed E-state index contributed by atoms with van der Waals surface area (Å²) in [4.78, 5) is 12.2. The van der Waals surface area contributed by atoms with Gasteiger partial charge in [0.15, 0.2) is 0 Å². The third-order valence-electron chi connectivity index (χ3n) is 4.14. The SMILES string of the molecule is Cc1ccc(CC(=O)N[C@H](C)c2ccc(C(C)(C)C)cc2)cc1. The first-order chi connectivity index (χ1) is 10.8. The van der Waals surface area contributed by atoms with Gasteiger partial charge in [-0.1, -0.05) is 74.9 Å². The molecule has 23 heavy (non-hydrogen) atoms. The normalized spacial score (nSPS) is 12.7. The lowest BCUT2D eigenvalue weighted by molar-refractivity contribution is -0.121. The molecular weight excluding hydrogens is 282 g/mol. The minimum Gasteiger partial charge on any atom is -0.349 e. The molecule has 0 saturated carbocycles. The molecule has 0 aromatic heterocycles. The molecule has 1 amide bonds. The van der Waals surface area contributed by atoms with Crippen molar-refractivity contribution in [2.45, 2.75) is 52.5 Å². The number of aryl methyl sites for hydroxylation is 1. The maximum absolute atomic E-state index is 12.2. The maximum Gasteiger partial charge on any atom is 0.224 e. The summed E-state index contributed by atoms with van der Waals surface area (Å²) in [5.74, 6) is 0.0567. The van der Waals surface area contributed by atoms with Crippen LogP contribution < -0.4 is 5.32 Å². The third-order valence-corrected chi connectivity index (χ3v) is 4.14. The van der Waals surface area contributed by atoms with E-state index in [1.807, 2.05) is 38.1 Å². The van der Waals surface area contributed by atoms with E-state index in [0.29, 0.717) is 6.42 Å².